The zero-order chi connectivity index (χ0) is 20.1. The van der Waals surface area contributed by atoms with Crippen molar-refractivity contribution in [1.29, 1.82) is 0 Å². The lowest BCUT2D eigenvalue weighted by atomic mass is 10.1. The maximum atomic E-state index is 12.4. The maximum Gasteiger partial charge on any atom is 0.311 e. The smallest absolute Gasteiger partial charge is 0.311 e. The first-order valence-corrected chi connectivity index (χ1v) is 9.12. The van der Waals surface area contributed by atoms with Gasteiger partial charge in [-0.3, -0.25) is 4.79 Å². The number of esters is 1. The average molecular weight is 401 g/mol. The Bertz CT molecular complexity index is 974. The van der Waals surface area contributed by atoms with Crippen LogP contribution in [0.3, 0.4) is 0 Å². The summed E-state index contributed by atoms with van der Waals surface area (Å²) < 4.78 is 21.6. The lowest BCUT2D eigenvalue weighted by Crippen LogP contribution is -2.09. The predicted octanol–water partition coefficient (Wildman–Crippen LogP) is 5.06. The summed E-state index contributed by atoms with van der Waals surface area (Å²) in [5.74, 6) is 1.78. The quantitative estimate of drug-likeness (QED) is 0.410. The zero-order valence-electron chi connectivity index (χ0n) is 16.0. The summed E-state index contributed by atoms with van der Waals surface area (Å²) in [6.07, 6.45) is 0.677. The van der Waals surface area contributed by atoms with Crippen molar-refractivity contribution in [3.63, 3.8) is 0 Å². The van der Waals surface area contributed by atoms with E-state index in [0.717, 1.165) is 16.3 Å². The van der Waals surface area contributed by atoms with E-state index in [1.54, 1.807) is 33.5 Å². The molecule has 0 N–H and O–H groups in total. The van der Waals surface area contributed by atoms with Gasteiger partial charge in [0.1, 0.15) is 5.75 Å². The third-order valence-electron chi connectivity index (χ3n) is 4.40. The maximum absolute atomic E-state index is 12.4. The Morgan fingerprint density at radius 1 is 0.857 bits per heavy atom. The number of hydrogen-bond acceptors (Lipinski definition) is 5. The first-order chi connectivity index (χ1) is 13.6. The van der Waals surface area contributed by atoms with Gasteiger partial charge < -0.3 is 18.9 Å². The van der Waals surface area contributed by atoms with Crippen LogP contribution in [0.1, 0.15) is 12.0 Å². The Labute approximate surface area is 168 Å². The molecule has 3 aromatic rings. The summed E-state index contributed by atoms with van der Waals surface area (Å²) in [6.45, 7) is 0. The van der Waals surface area contributed by atoms with E-state index in [0.29, 0.717) is 34.4 Å². The number of rotatable bonds is 7. The van der Waals surface area contributed by atoms with Crippen molar-refractivity contribution >= 4 is 28.3 Å². The topological polar surface area (TPSA) is 54.0 Å². The first-order valence-electron chi connectivity index (χ1n) is 8.74. The summed E-state index contributed by atoms with van der Waals surface area (Å²) in [7, 11) is 4.66. The van der Waals surface area contributed by atoms with Crippen LogP contribution in [0.25, 0.3) is 10.8 Å². The summed E-state index contributed by atoms with van der Waals surface area (Å²) in [5.41, 5.74) is 0.882. The second-order valence-electron chi connectivity index (χ2n) is 6.10. The Kier molecular flexibility index (Phi) is 6.26. The number of aryl methyl sites for hydroxylation is 1. The molecule has 146 valence electrons. The molecule has 0 aliphatic heterocycles. The van der Waals surface area contributed by atoms with E-state index in [-0.39, 0.29) is 12.4 Å². The van der Waals surface area contributed by atoms with Gasteiger partial charge in [-0.15, -0.1) is 0 Å². The van der Waals surface area contributed by atoms with Crippen LogP contribution in [-0.2, 0) is 11.2 Å². The standard InChI is InChI=1S/C22H21ClO5/c1-25-19-12-14(13-20(26-2)22(19)27-3)8-11-21(24)28-18-10-9-17(23)15-6-4-5-7-16(15)18/h4-7,9-10,12-13H,8,11H2,1-3H3. The molecule has 6 heteroatoms. The third kappa shape index (κ3) is 4.15. The van der Waals surface area contributed by atoms with Crippen LogP contribution in [0.2, 0.25) is 5.02 Å². The minimum atomic E-state index is -0.332. The van der Waals surface area contributed by atoms with Crippen LogP contribution in [-0.4, -0.2) is 27.3 Å². The minimum absolute atomic E-state index is 0.204. The zero-order valence-corrected chi connectivity index (χ0v) is 16.7. The predicted molar refractivity (Wildman–Crippen MR) is 109 cm³/mol. The van der Waals surface area contributed by atoms with Gasteiger partial charge in [0.05, 0.1) is 21.3 Å². The van der Waals surface area contributed by atoms with Crippen molar-refractivity contribution in [2.24, 2.45) is 0 Å². The molecule has 0 radical (unpaired) electrons. The Balaban J connectivity index is 1.74. The number of halogens is 1. The van der Waals surface area contributed by atoms with Crippen LogP contribution < -0.4 is 18.9 Å². The molecule has 0 aliphatic rings. The second-order valence-corrected chi connectivity index (χ2v) is 6.51. The summed E-state index contributed by atoms with van der Waals surface area (Å²) in [5, 5.41) is 2.27. The molecule has 0 aliphatic carbocycles. The van der Waals surface area contributed by atoms with Gasteiger partial charge in [0.25, 0.3) is 0 Å². The van der Waals surface area contributed by atoms with Gasteiger partial charge in [-0.05, 0) is 36.2 Å². The van der Waals surface area contributed by atoms with Crippen LogP contribution >= 0.6 is 11.6 Å². The molecule has 0 aromatic heterocycles. The van der Waals surface area contributed by atoms with Crippen molar-refractivity contribution in [1.82, 2.24) is 0 Å². The van der Waals surface area contributed by atoms with Crippen molar-refractivity contribution < 1.29 is 23.7 Å². The fraction of sp³-hybridized carbons (Fsp3) is 0.227. The number of fused-ring (bicyclic) bond motifs is 1. The van der Waals surface area contributed by atoms with Crippen molar-refractivity contribution in [2.75, 3.05) is 21.3 Å². The molecule has 0 saturated heterocycles. The summed E-state index contributed by atoms with van der Waals surface area (Å²) in [6, 6.07) is 14.6. The second kappa shape index (κ2) is 8.85. The van der Waals surface area contributed by atoms with E-state index in [4.69, 9.17) is 30.5 Å². The highest BCUT2D eigenvalue weighted by molar-refractivity contribution is 6.35. The lowest BCUT2D eigenvalue weighted by molar-refractivity contribution is -0.134. The van der Waals surface area contributed by atoms with E-state index in [9.17, 15) is 4.79 Å². The van der Waals surface area contributed by atoms with Crippen molar-refractivity contribution in [3.05, 3.63) is 59.1 Å². The molecule has 0 atom stereocenters. The SMILES string of the molecule is COc1cc(CCC(=O)Oc2ccc(Cl)c3ccccc23)cc(OC)c1OC. The highest BCUT2D eigenvalue weighted by Gasteiger charge is 2.15. The van der Waals surface area contributed by atoms with E-state index in [1.807, 2.05) is 36.4 Å². The highest BCUT2D eigenvalue weighted by Crippen LogP contribution is 2.38. The number of methoxy groups -OCH3 is 3. The fourth-order valence-corrected chi connectivity index (χ4v) is 3.25. The van der Waals surface area contributed by atoms with Crippen LogP contribution in [0.4, 0.5) is 0 Å². The van der Waals surface area contributed by atoms with Gasteiger partial charge in [0.2, 0.25) is 5.75 Å². The van der Waals surface area contributed by atoms with E-state index in [2.05, 4.69) is 0 Å². The summed E-state index contributed by atoms with van der Waals surface area (Å²) >= 11 is 6.21. The monoisotopic (exact) mass is 400 g/mol. The molecule has 28 heavy (non-hydrogen) atoms. The van der Waals surface area contributed by atoms with E-state index >= 15 is 0 Å². The van der Waals surface area contributed by atoms with Gasteiger partial charge in [-0.2, -0.15) is 0 Å². The molecule has 5 nitrogen and oxygen atoms in total. The molecule has 0 fully saturated rings. The Hall–Kier alpha value is -2.92. The average Bonchev–Trinajstić information content (AvgIpc) is 2.73. The fourth-order valence-electron chi connectivity index (χ4n) is 3.02. The van der Waals surface area contributed by atoms with Gasteiger partial charge >= 0.3 is 5.97 Å². The van der Waals surface area contributed by atoms with E-state index in [1.165, 1.54) is 0 Å². The largest absolute Gasteiger partial charge is 0.493 e. The number of hydrogen-bond donors (Lipinski definition) is 0. The Morgan fingerprint density at radius 2 is 1.50 bits per heavy atom. The number of ether oxygens (including phenoxy) is 4. The van der Waals surface area contributed by atoms with Gasteiger partial charge in [-0.1, -0.05) is 35.9 Å². The Morgan fingerprint density at radius 3 is 2.11 bits per heavy atom. The molecule has 0 spiro atoms. The molecule has 0 amide bonds. The number of carbonyl (C=O) groups excluding carboxylic acids is 1. The molecule has 3 aromatic carbocycles. The number of benzene rings is 3. The van der Waals surface area contributed by atoms with Gasteiger partial charge in [0, 0.05) is 22.2 Å². The molecule has 3 rings (SSSR count). The third-order valence-corrected chi connectivity index (χ3v) is 4.73. The van der Waals surface area contributed by atoms with Crippen molar-refractivity contribution in [3.8, 4) is 23.0 Å². The van der Waals surface area contributed by atoms with Gasteiger partial charge in [0.15, 0.2) is 11.5 Å². The highest BCUT2D eigenvalue weighted by atomic mass is 35.5. The first kappa shape index (κ1) is 19.8. The number of carbonyl (C=O) groups is 1. The molecular weight excluding hydrogens is 380 g/mol. The van der Waals surface area contributed by atoms with Crippen LogP contribution in [0, 0.1) is 0 Å². The minimum Gasteiger partial charge on any atom is -0.493 e. The molecule has 0 heterocycles. The van der Waals surface area contributed by atoms with Crippen LogP contribution in [0.15, 0.2) is 48.5 Å². The molecular formula is C22H21ClO5. The molecule has 0 bridgehead atoms. The molecule has 0 saturated carbocycles. The summed E-state index contributed by atoms with van der Waals surface area (Å²) in [4.78, 5) is 12.4. The lowest BCUT2D eigenvalue weighted by Gasteiger charge is -2.14. The normalized spacial score (nSPS) is 10.6. The van der Waals surface area contributed by atoms with Crippen LogP contribution in [0.5, 0.6) is 23.0 Å². The van der Waals surface area contributed by atoms with E-state index < -0.39 is 0 Å². The van der Waals surface area contributed by atoms with Gasteiger partial charge in [-0.25, -0.2) is 0 Å². The van der Waals surface area contributed by atoms with Crippen molar-refractivity contribution in [2.45, 2.75) is 12.8 Å². The molecule has 0 unspecified atom stereocenters.